The molecule has 1 aromatic carbocycles. The van der Waals surface area contributed by atoms with Crippen molar-refractivity contribution in [1.29, 1.82) is 0 Å². The van der Waals surface area contributed by atoms with Crippen LogP contribution in [0.5, 0.6) is 0 Å². The fourth-order valence-electron chi connectivity index (χ4n) is 1.83. The Morgan fingerprint density at radius 3 is 2.39 bits per heavy atom. The summed E-state index contributed by atoms with van der Waals surface area (Å²) in [5.74, 6) is 0. The summed E-state index contributed by atoms with van der Waals surface area (Å²) >= 11 is 0. The fraction of sp³-hybridized carbons (Fsp3) is 0.286. The van der Waals surface area contributed by atoms with Crippen molar-refractivity contribution >= 4 is 0 Å². The van der Waals surface area contributed by atoms with Gasteiger partial charge in [-0.15, -0.1) is 0 Å². The molecule has 1 aromatic heterocycles. The molecule has 0 aliphatic carbocycles. The molecule has 4 heteroatoms. The van der Waals surface area contributed by atoms with E-state index >= 15 is 0 Å². The lowest BCUT2D eigenvalue weighted by Crippen LogP contribution is -2.27. The van der Waals surface area contributed by atoms with Gasteiger partial charge in [-0.25, -0.2) is 0 Å². The van der Waals surface area contributed by atoms with Crippen molar-refractivity contribution in [2.75, 3.05) is 0 Å². The van der Waals surface area contributed by atoms with Gasteiger partial charge in [-0.05, 0) is 43.4 Å². The van der Waals surface area contributed by atoms with Crippen molar-refractivity contribution in [2.45, 2.75) is 26.7 Å². The van der Waals surface area contributed by atoms with Crippen molar-refractivity contribution in [1.82, 2.24) is 10.2 Å². The van der Waals surface area contributed by atoms with E-state index in [9.17, 15) is 9.59 Å². The Morgan fingerprint density at radius 2 is 1.72 bits per heavy atom. The topological polar surface area (TPSA) is 65.7 Å². The van der Waals surface area contributed by atoms with E-state index in [2.05, 4.69) is 42.2 Å². The van der Waals surface area contributed by atoms with E-state index in [4.69, 9.17) is 0 Å². The normalized spacial score (nSPS) is 10.6. The first-order valence-corrected chi connectivity index (χ1v) is 5.93. The highest BCUT2D eigenvalue weighted by Gasteiger charge is 2.00. The van der Waals surface area contributed by atoms with Gasteiger partial charge in [0.1, 0.15) is 0 Å². The monoisotopic (exact) mass is 244 g/mol. The van der Waals surface area contributed by atoms with Crippen molar-refractivity contribution < 1.29 is 0 Å². The summed E-state index contributed by atoms with van der Waals surface area (Å²) in [5.41, 5.74) is 3.41. The highest BCUT2D eigenvalue weighted by Crippen LogP contribution is 2.11. The number of aryl methyl sites for hydroxylation is 4. The van der Waals surface area contributed by atoms with Crippen molar-refractivity contribution in [3.05, 3.63) is 67.2 Å². The van der Waals surface area contributed by atoms with Gasteiger partial charge < -0.3 is 5.10 Å². The molecule has 2 N–H and O–H groups in total. The zero-order valence-corrected chi connectivity index (χ0v) is 10.5. The Bertz CT molecular complexity index is 668. The third-order valence-corrected chi connectivity index (χ3v) is 3.12. The van der Waals surface area contributed by atoms with E-state index in [1.165, 1.54) is 22.8 Å². The number of benzene rings is 1. The Kier molecular flexibility index (Phi) is 3.46. The minimum atomic E-state index is -0.607. The number of hydrogen-bond donors (Lipinski definition) is 2. The Balaban J connectivity index is 2.11. The van der Waals surface area contributed by atoms with Gasteiger partial charge in [0.25, 0.3) is 0 Å². The smallest absolute Gasteiger partial charge is 0.302 e. The van der Waals surface area contributed by atoms with E-state index in [0.29, 0.717) is 6.42 Å². The van der Waals surface area contributed by atoms with Crippen LogP contribution in [0.3, 0.4) is 0 Å². The summed E-state index contributed by atoms with van der Waals surface area (Å²) in [6.45, 7) is 4.17. The summed E-state index contributed by atoms with van der Waals surface area (Å²) in [6, 6.07) is 7.70. The number of aromatic nitrogens is 2. The maximum absolute atomic E-state index is 11.2. The molecule has 18 heavy (non-hydrogen) atoms. The van der Waals surface area contributed by atoms with Gasteiger partial charge in [0, 0.05) is 11.8 Å². The van der Waals surface area contributed by atoms with Crippen LogP contribution in [0.1, 0.15) is 22.4 Å². The third kappa shape index (κ3) is 2.77. The van der Waals surface area contributed by atoms with E-state index in [1.54, 1.807) is 0 Å². The lowest BCUT2D eigenvalue weighted by atomic mass is 10.0. The van der Waals surface area contributed by atoms with E-state index in [-0.39, 0.29) is 0 Å². The van der Waals surface area contributed by atoms with Gasteiger partial charge in [-0.3, -0.25) is 14.7 Å². The van der Waals surface area contributed by atoms with Crippen LogP contribution in [0.25, 0.3) is 0 Å². The number of nitrogens with one attached hydrogen (secondary N) is 2. The average molecular weight is 244 g/mol. The van der Waals surface area contributed by atoms with E-state index in [1.807, 2.05) is 0 Å². The second-order valence-corrected chi connectivity index (χ2v) is 4.53. The molecule has 0 fully saturated rings. The minimum absolute atomic E-state index is 0.496. The highest BCUT2D eigenvalue weighted by molar-refractivity contribution is 5.30. The lowest BCUT2D eigenvalue weighted by Gasteiger charge is -2.05. The molecule has 0 spiro atoms. The van der Waals surface area contributed by atoms with Crippen LogP contribution < -0.4 is 11.0 Å². The summed E-state index contributed by atoms with van der Waals surface area (Å²) in [5, 5.41) is 5.07. The first-order valence-electron chi connectivity index (χ1n) is 5.93. The first-order chi connectivity index (χ1) is 8.56. The summed E-state index contributed by atoms with van der Waals surface area (Å²) in [7, 11) is 0. The SMILES string of the molecule is Cc1ccc(CCc2cc(=O)c(=O)[nH][nH]2)cc1C. The van der Waals surface area contributed by atoms with Gasteiger partial charge in [0.2, 0.25) is 5.43 Å². The number of rotatable bonds is 3. The van der Waals surface area contributed by atoms with Crippen molar-refractivity contribution in [3.63, 3.8) is 0 Å². The van der Waals surface area contributed by atoms with Gasteiger partial charge in [0.15, 0.2) is 0 Å². The Hall–Kier alpha value is -2.10. The first kappa shape index (κ1) is 12.4. The van der Waals surface area contributed by atoms with Crippen LogP contribution >= 0.6 is 0 Å². The second kappa shape index (κ2) is 5.04. The zero-order valence-electron chi connectivity index (χ0n) is 10.5. The number of H-pyrrole nitrogens is 2. The molecule has 0 bridgehead atoms. The molecular weight excluding hydrogens is 228 g/mol. The molecule has 0 atom stereocenters. The standard InChI is InChI=1S/C14H16N2O2/c1-9-3-4-11(7-10(9)2)5-6-12-8-13(17)14(18)16-15-12/h3-4,7-8H,5-6H2,1-2H3,(H,15,17)(H,16,18). The highest BCUT2D eigenvalue weighted by atomic mass is 16.2. The van der Waals surface area contributed by atoms with E-state index < -0.39 is 11.0 Å². The van der Waals surface area contributed by atoms with Crippen molar-refractivity contribution in [2.24, 2.45) is 0 Å². The van der Waals surface area contributed by atoms with Crippen LogP contribution in [0.2, 0.25) is 0 Å². The van der Waals surface area contributed by atoms with Crippen LogP contribution in [0.15, 0.2) is 33.9 Å². The summed E-state index contributed by atoms with van der Waals surface area (Å²) in [4.78, 5) is 22.1. The second-order valence-electron chi connectivity index (χ2n) is 4.53. The molecular formula is C14H16N2O2. The molecule has 0 amide bonds. The van der Waals surface area contributed by atoms with Gasteiger partial charge in [0.05, 0.1) is 0 Å². The largest absolute Gasteiger partial charge is 0.310 e. The molecule has 94 valence electrons. The lowest BCUT2D eigenvalue weighted by molar-refractivity contribution is 0.837. The molecule has 4 nitrogen and oxygen atoms in total. The number of aromatic amines is 2. The maximum atomic E-state index is 11.2. The Labute approximate surface area is 105 Å². The maximum Gasteiger partial charge on any atom is 0.310 e. The Morgan fingerprint density at radius 1 is 0.944 bits per heavy atom. The number of hydrogen-bond acceptors (Lipinski definition) is 2. The molecule has 0 unspecified atom stereocenters. The van der Waals surface area contributed by atoms with Crippen LogP contribution in [0.4, 0.5) is 0 Å². The molecule has 0 radical (unpaired) electrons. The quantitative estimate of drug-likeness (QED) is 0.803. The van der Waals surface area contributed by atoms with Crippen LogP contribution in [-0.2, 0) is 12.8 Å². The molecule has 1 heterocycles. The average Bonchev–Trinajstić information content (AvgIpc) is 2.35. The van der Waals surface area contributed by atoms with Crippen LogP contribution in [-0.4, -0.2) is 10.2 Å². The predicted molar refractivity (Wildman–Crippen MR) is 71.0 cm³/mol. The summed E-state index contributed by atoms with van der Waals surface area (Å²) in [6.07, 6.45) is 1.54. The zero-order chi connectivity index (χ0) is 13.1. The predicted octanol–water partition coefficient (Wildman–Crippen LogP) is 1.47. The molecule has 0 saturated heterocycles. The molecule has 0 aliphatic heterocycles. The molecule has 2 aromatic rings. The summed E-state index contributed by atoms with van der Waals surface area (Å²) < 4.78 is 0. The van der Waals surface area contributed by atoms with Crippen molar-refractivity contribution in [3.8, 4) is 0 Å². The molecule has 2 rings (SSSR count). The third-order valence-electron chi connectivity index (χ3n) is 3.12. The van der Waals surface area contributed by atoms with Gasteiger partial charge >= 0.3 is 5.56 Å². The minimum Gasteiger partial charge on any atom is -0.302 e. The molecule has 0 saturated carbocycles. The van der Waals surface area contributed by atoms with Crippen LogP contribution in [0, 0.1) is 13.8 Å². The van der Waals surface area contributed by atoms with E-state index in [0.717, 1.165) is 12.1 Å². The van der Waals surface area contributed by atoms with Gasteiger partial charge in [-0.1, -0.05) is 18.2 Å². The fourth-order valence-corrected chi connectivity index (χ4v) is 1.83. The van der Waals surface area contributed by atoms with Gasteiger partial charge in [-0.2, -0.15) is 0 Å². The molecule has 0 aliphatic rings.